The van der Waals surface area contributed by atoms with E-state index in [1.165, 1.54) is 11.3 Å². The van der Waals surface area contributed by atoms with Gasteiger partial charge in [-0.05, 0) is 29.8 Å². The van der Waals surface area contributed by atoms with E-state index >= 15 is 0 Å². The molecule has 0 fully saturated rings. The largest absolute Gasteiger partial charge is 0.264 e. The number of thiazole rings is 1. The average Bonchev–Trinajstić information content (AvgIpc) is 2.89. The fourth-order valence-corrected chi connectivity index (χ4v) is 2.69. The van der Waals surface area contributed by atoms with Crippen LogP contribution >= 0.6 is 11.3 Å². The Kier molecular flexibility index (Phi) is 3.05. The van der Waals surface area contributed by atoms with Crippen LogP contribution < -0.4 is 0 Å². The molecule has 0 spiro atoms. The van der Waals surface area contributed by atoms with Gasteiger partial charge in [-0.3, -0.25) is 4.98 Å². The van der Waals surface area contributed by atoms with E-state index in [-0.39, 0.29) is 0 Å². The summed E-state index contributed by atoms with van der Waals surface area (Å²) in [4.78, 5) is 8.52. The van der Waals surface area contributed by atoms with Gasteiger partial charge in [0.15, 0.2) is 0 Å². The van der Waals surface area contributed by atoms with Crippen LogP contribution in [0.1, 0.15) is 10.6 Å². The van der Waals surface area contributed by atoms with Crippen molar-refractivity contribution >= 4 is 33.2 Å². The van der Waals surface area contributed by atoms with Crippen LogP contribution in [0.15, 0.2) is 48.8 Å². The van der Waals surface area contributed by atoms with Crippen LogP contribution in [0.3, 0.4) is 0 Å². The number of fused-ring (bicyclic) bond motifs is 1. The third kappa shape index (κ3) is 2.37. The Labute approximate surface area is 114 Å². The van der Waals surface area contributed by atoms with Gasteiger partial charge < -0.3 is 0 Å². The first-order valence-corrected chi connectivity index (χ1v) is 6.56. The molecule has 0 N–H and O–H groups in total. The number of rotatable bonds is 2. The van der Waals surface area contributed by atoms with E-state index in [4.69, 9.17) is 0 Å². The molecule has 0 aliphatic heterocycles. The summed E-state index contributed by atoms with van der Waals surface area (Å²) in [7, 11) is 0. The highest BCUT2D eigenvalue weighted by Crippen LogP contribution is 2.27. The van der Waals surface area contributed by atoms with Gasteiger partial charge in [-0.1, -0.05) is 18.2 Å². The van der Waals surface area contributed by atoms with Gasteiger partial charge in [-0.25, -0.2) is 4.98 Å². The normalized spacial score (nSPS) is 11.4. The molecular weight excluding hydrogens is 254 g/mol. The van der Waals surface area contributed by atoms with Crippen molar-refractivity contribution < 1.29 is 0 Å². The van der Waals surface area contributed by atoms with Gasteiger partial charge in [0.25, 0.3) is 0 Å². The van der Waals surface area contributed by atoms with E-state index in [1.54, 1.807) is 12.4 Å². The Bertz CT molecular complexity index is 749. The van der Waals surface area contributed by atoms with Crippen molar-refractivity contribution in [2.45, 2.75) is 0 Å². The molecule has 0 bridgehead atoms. The lowest BCUT2D eigenvalue weighted by atomic mass is 10.2. The minimum absolute atomic E-state index is 0.564. The number of hydrogen-bond donors (Lipinski definition) is 0. The molecule has 0 aliphatic rings. The maximum Gasteiger partial charge on any atom is 0.135 e. The van der Waals surface area contributed by atoms with Gasteiger partial charge in [0.2, 0.25) is 0 Å². The Morgan fingerprint density at radius 2 is 2.11 bits per heavy atom. The molecule has 0 radical (unpaired) electrons. The van der Waals surface area contributed by atoms with Gasteiger partial charge in [-0.2, -0.15) is 5.26 Å². The number of nitrogens with zero attached hydrogens (tertiary/aromatic N) is 3. The Balaban J connectivity index is 2.08. The number of benzene rings is 1. The van der Waals surface area contributed by atoms with Crippen molar-refractivity contribution in [1.29, 1.82) is 5.26 Å². The van der Waals surface area contributed by atoms with Gasteiger partial charge in [0, 0.05) is 12.4 Å². The first-order chi connectivity index (χ1) is 9.36. The second-order valence-corrected chi connectivity index (χ2v) is 4.97. The Morgan fingerprint density at radius 1 is 1.21 bits per heavy atom. The van der Waals surface area contributed by atoms with Gasteiger partial charge in [-0.15, -0.1) is 11.3 Å². The SMILES string of the molecule is N#C/C(=C\c1cccnc1)c1nc2ccccc2s1. The quantitative estimate of drug-likeness (QED) is 0.661. The molecule has 2 aromatic heterocycles. The van der Waals surface area contributed by atoms with Crippen LogP contribution in [0.2, 0.25) is 0 Å². The highest BCUT2D eigenvalue weighted by Gasteiger charge is 2.08. The van der Waals surface area contributed by atoms with Gasteiger partial charge >= 0.3 is 0 Å². The molecule has 0 amide bonds. The highest BCUT2D eigenvalue weighted by molar-refractivity contribution is 7.19. The van der Waals surface area contributed by atoms with E-state index in [2.05, 4.69) is 16.0 Å². The predicted molar refractivity (Wildman–Crippen MR) is 77.3 cm³/mol. The van der Waals surface area contributed by atoms with Crippen molar-refractivity contribution in [1.82, 2.24) is 9.97 Å². The maximum atomic E-state index is 9.29. The predicted octanol–water partition coefficient (Wildman–Crippen LogP) is 3.76. The molecule has 0 saturated heterocycles. The highest BCUT2D eigenvalue weighted by atomic mass is 32.1. The number of nitriles is 1. The number of allylic oxidation sites excluding steroid dienone is 1. The second-order valence-electron chi connectivity index (χ2n) is 3.94. The van der Waals surface area contributed by atoms with Crippen LogP contribution in [-0.2, 0) is 0 Å². The molecule has 0 aliphatic carbocycles. The molecule has 1 aromatic carbocycles. The van der Waals surface area contributed by atoms with E-state index in [0.717, 1.165) is 20.8 Å². The maximum absolute atomic E-state index is 9.29. The van der Waals surface area contributed by atoms with Crippen molar-refractivity contribution in [3.63, 3.8) is 0 Å². The van der Waals surface area contributed by atoms with Crippen molar-refractivity contribution in [2.75, 3.05) is 0 Å². The number of hydrogen-bond acceptors (Lipinski definition) is 4. The summed E-state index contributed by atoms with van der Waals surface area (Å²) >= 11 is 1.53. The number of pyridine rings is 1. The van der Waals surface area contributed by atoms with Crippen LogP contribution in [0.5, 0.6) is 0 Å². The molecule has 3 rings (SSSR count). The van der Waals surface area contributed by atoms with Crippen LogP contribution in [0.4, 0.5) is 0 Å². The molecule has 0 atom stereocenters. The molecule has 4 heteroatoms. The summed E-state index contributed by atoms with van der Waals surface area (Å²) in [5, 5.41) is 10.0. The fraction of sp³-hybridized carbons (Fsp3) is 0. The molecule has 90 valence electrons. The first-order valence-electron chi connectivity index (χ1n) is 5.74. The van der Waals surface area contributed by atoms with Gasteiger partial charge in [0.1, 0.15) is 11.1 Å². The van der Waals surface area contributed by atoms with E-state index < -0.39 is 0 Å². The van der Waals surface area contributed by atoms with E-state index in [9.17, 15) is 5.26 Å². The summed E-state index contributed by atoms with van der Waals surface area (Å²) in [6.45, 7) is 0. The topological polar surface area (TPSA) is 49.6 Å². The molecule has 3 nitrogen and oxygen atoms in total. The summed E-state index contributed by atoms with van der Waals surface area (Å²) in [5.74, 6) is 0. The standard InChI is InChI=1S/C15H9N3S/c16-9-12(8-11-4-3-7-17-10-11)15-18-13-5-1-2-6-14(13)19-15/h1-8,10H/b12-8+. The average molecular weight is 263 g/mol. The minimum Gasteiger partial charge on any atom is -0.264 e. The third-order valence-corrected chi connectivity index (χ3v) is 3.71. The monoisotopic (exact) mass is 263 g/mol. The lowest BCUT2D eigenvalue weighted by molar-refractivity contribution is 1.32. The Hall–Kier alpha value is -2.51. The zero-order chi connectivity index (χ0) is 13.1. The molecular formula is C15H9N3S. The molecule has 2 heterocycles. The molecule has 0 saturated carbocycles. The van der Waals surface area contributed by atoms with Crippen molar-refractivity contribution in [2.24, 2.45) is 0 Å². The van der Waals surface area contributed by atoms with Crippen LogP contribution in [0, 0.1) is 11.3 Å². The fourth-order valence-electron chi connectivity index (χ4n) is 1.76. The van der Waals surface area contributed by atoms with Crippen LogP contribution in [-0.4, -0.2) is 9.97 Å². The zero-order valence-electron chi connectivity index (χ0n) is 9.95. The second kappa shape index (κ2) is 5.01. The molecule has 0 unspecified atom stereocenters. The summed E-state index contributed by atoms with van der Waals surface area (Å²) in [5.41, 5.74) is 2.39. The van der Waals surface area contributed by atoms with Gasteiger partial charge in [0.05, 0.1) is 15.8 Å². The van der Waals surface area contributed by atoms with Crippen molar-refractivity contribution in [3.05, 3.63) is 59.4 Å². The third-order valence-electron chi connectivity index (χ3n) is 2.64. The number of aromatic nitrogens is 2. The summed E-state index contributed by atoms with van der Waals surface area (Å²) in [6, 6.07) is 13.9. The van der Waals surface area contributed by atoms with E-state index in [1.807, 2.05) is 42.5 Å². The Morgan fingerprint density at radius 3 is 2.84 bits per heavy atom. The van der Waals surface area contributed by atoms with E-state index in [0.29, 0.717) is 5.57 Å². The zero-order valence-corrected chi connectivity index (χ0v) is 10.8. The first kappa shape index (κ1) is 11.6. The lowest BCUT2D eigenvalue weighted by Gasteiger charge is -1.93. The van der Waals surface area contributed by atoms with Crippen molar-refractivity contribution in [3.8, 4) is 6.07 Å². The number of para-hydroxylation sites is 1. The minimum atomic E-state index is 0.564. The smallest absolute Gasteiger partial charge is 0.135 e. The molecule has 19 heavy (non-hydrogen) atoms. The summed E-state index contributed by atoms with van der Waals surface area (Å²) < 4.78 is 1.09. The molecule has 3 aromatic rings. The lowest BCUT2D eigenvalue weighted by Crippen LogP contribution is -1.81. The van der Waals surface area contributed by atoms with Crippen LogP contribution in [0.25, 0.3) is 21.9 Å². The summed E-state index contributed by atoms with van der Waals surface area (Å²) in [6.07, 6.45) is 5.25.